The maximum atomic E-state index is 11.3. The summed E-state index contributed by atoms with van der Waals surface area (Å²) in [6.07, 6.45) is 1.56. The van der Waals surface area contributed by atoms with Gasteiger partial charge in [0.15, 0.2) is 0 Å². The van der Waals surface area contributed by atoms with Gasteiger partial charge in [-0.15, -0.1) is 0 Å². The molecule has 0 radical (unpaired) electrons. The fourth-order valence-electron chi connectivity index (χ4n) is 2.15. The van der Waals surface area contributed by atoms with E-state index in [1.807, 2.05) is 44.2 Å². The van der Waals surface area contributed by atoms with Crippen molar-refractivity contribution in [2.75, 3.05) is 0 Å². The minimum Gasteiger partial charge on any atom is -0.478 e. The third-order valence-corrected chi connectivity index (χ3v) is 3.06. The van der Waals surface area contributed by atoms with Crippen molar-refractivity contribution in [3.8, 4) is 11.3 Å². The summed E-state index contributed by atoms with van der Waals surface area (Å²) in [7, 11) is 0. The summed E-state index contributed by atoms with van der Waals surface area (Å²) in [5.41, 5.74) is 3.77. The molecule has 0 bridgehead atoms. The number of aromatic nitrogens is 1. The van der Waals surface area contributed by atoms with Gasteiger partial charge in [0.2, 0.25) is 0 Å². The Bertz CT molecular complexity index is 591. The molecule has 0 saturated heterocycles. The van der Waals surface area contributed by atoms with Crippen LogP contribution in [0.15, 0.2) is 36.4 Å². The summed E-state index contributed by atoms with van der Waals surface area (Å²) >= 11 is 0. The van der Waals surface area contributed by atoms with Gasteiger partial charge in [0.1, 0.15) is 0 Å². The van der Waals surface area contributed by atoms with E-state index in [0.717, 1.165) is 23.2 Å². The highest BCUT2D eigenvalue weighted by molar-refractivity contribution is 5.89. The molecule has 0 fully saturated rings. The number of pyridine rings is 1. The molecule has 3 heteroatoms. The van der Waals surface area contributed by atoms with Crippen molar-refractivity contribution in [3.63, 3.8) is 0 Å². The molecule has 0 aliphatic heterocycles. The number of carboxylic acids is 1. The van der Waals surface area contributed by atoms with Gasteiger partial charge in [-0.2, -0.15) is 0 Å². The summed E-state index contributed by atoms with van der Waals surface area (Å²) in [5, 5.41) is 9.24. The molecule has 1 N–H and O–H groups in total. The second-order valence-electron chi connectivity index (χ2n) is 4.57. The van der Waals surface area contributed by atoms with Crippen LogP contribution < -0.4 is 0 Å². The molecule has 1 aromatic heterocycles. The summed E-state index contributed by atoms with van der Waals surface area (Å²) in [6.45, 7) is 3.92. The second-order valence-corrected chi connectivity index (χ2v) is 4.57. The quantitative estimate of drug-likeness (QED) is 0.906. The van der Waals surface area contributed by atoms with Gasteiger partial charge in [0.25, 0.3) is 0 Å². The van der Waals surface area contributed by atoms with Gasteiger partial charge in [-0.05, 0) is 25.0 Å². The van der Waals surface area contributed by atoms with E-state index in [9.17, 15) is 9.90 Å². The average molecular weight is 255 g/mol. The highest BCUT2D eigenvalue weighted by Gasteiger charge is 2.15. The predicted molar refractivity (Wildman–Crippen MR) is 75.4 cm³/mol. The molecule has 0 amide bonds. The van der Waals surface area contributed by atoms with Crippen molar-refractivity contribution in [1.82, 2.24) is 4.98 Å². The van der Waals surface area contributed by atoms with Gasteiger partial charge in [-0.25, -0.2) is 4.79 Å². The first-order valence-electron chi connectivity index (χ1n) is 6.42. The Morgan fingerprint density at radius 2 is 1.95 bits per heavy atom. The van der Waals surface area contributed by atoms with Gasteiger partial charge in [-0.1, -0.05) is 43.7 Å². The average Bonchev–Trinajstić information content (AvgIpc) is 2.41. The zero-order valence-electron chi connectivity index (χ0n) is 11.2. The molecular weight excluding hydrogens is 238 g/mol. The predicted octanol–water partition coefficient (Wildman–Crippen LogP) is 3.71. The van der Waals surface area contributed by atoms with Crippen LogP contribution in [-0.2, 0) is 6.42 Å². The SMILES string of the molecule is CCCc1nc(-c2ccccc2)c(C)cc1C(=O)O. The lowest BCUT2D eigenvalue weighted by atomic mass is 10.0. The first-order chi connectivity index (χ1) is 9.13. The number of aryl methyl sites for hydroxylation is 2. The fourth-order valence-corrected chi connectivity index (χ4v) is 2.15. The second kappa shape index (κ2) is 5.65. The molecule has 0 saturated carbocycles. The molecule has 3 nitrogen and oxygen atoms in total. The topological polar surface area (TPSA) is 50.2 Å². The zero-order valence-corrected chi connectivity index (χ0v) is 11.2. The van der Waals surface area contributed by atoms with E-state index in [2.05, 4.69) is 4.98 Å². The van der Waals surface area contributed by atoms with Crippen molar-refractivity contribution >= 4 is 5.97 Å². The largest absolute Gasteiger partial charge is 0.478 e. The molecular formula is C16H17NO2. The Kier molecular flexibility index (Phi) is 3.95. The molecule has 1 heterocycles. The molecule has 0 atom stereocenters. The molecule has 2 rings (SSSR count). The summed E-state index contributed by atoms with van der Waals surface area (Å²) in [4.78, 5) is 15.8. The van der Waals surface area contributed by atoms with Crippen LogP contribution in [-0.4, -0.2) is 16.1 Å². The molecule has 19 heavy (non-hydrogen) atoms. The third kappa shape index (κ3) is 2.81. The fraction of sp³-hybridized carbons (Fsp3) is 0.250. The lowest BCUT2D eigenvalue weighted by Gasteiger charge is -2.11. The third-order valence-electron chi connectivity index (χ3n) is 3.06. The van der Waals surface area contributed by atoms with Gasteiger partial charge < -0.3 is 5.11 Å². The van der Waals surface area contributed by atoms with Crippen molar-refractivity contribution in [1.29, 1.82) is 0 Å². The molecule has 0 unspecified atom stereocenters. The lowest BCUT2D eigenvalue weighted by molar-refractivity contribution is 0.0695. The van der Waals surface area contributed by atoms with Crippen molar-refractivity contribution < 1.29 is 9.90 Å². The normalized spacial score (nSPS) is 10.4. The van der Waals surface area contributed by atoms with E-state index in [1.165, 1.54) is 0 Å². The maximum absolute atomic E-state index is 11.3. The Labute approximate surface area is 112 Å². The van der Waals surface area contributed by atoms with Crippen LogP contribution in [0.3, 0.4) is 0 Å². The number of hydrogen-bond donors (Lipinski definition) is 1. The van der Waals surface area contributed by atoms with Crippen LogP contribution in [0.25, 0.3) is 11.3 Å². The summed E-state index contributed by atoms with van der Waals surface area (Å²) in [6, 6.07) is 11.6. The number of rotatable bonds is 4. The Morgan fingerprint density at radius 3 is 2.53 bits per heavy atom. The van der Waals surface area contributed by atoms with E-state index in [0.29, 0.717) is 17.7 Å². The van der Waals surface area contributed by atoms with E-state index < -0.39 is 5.97 Å². The van der Waals surface area contributed by atoms with Crippen LogP contribution >= 0.6 is 0 Å². The molecule has 1 aromatic carbocycles. The molecule has 0 spiro atoms. The summed E-state index contributed by atoms with van der Waals surface area (Å²) < 4.78 is 0. The van der Waals surface area contributed by atoms with Gasteiger partial charge in [-0.3, -0.25) is 4.98 Å². The number of carbonyl (C=O) groups is 1. The van der Waals surface area contributed by atoms with Crippen LogP contribution in [0.4, 0.5) is 0 Å². The number of nitrogens with zero attached hydrogens (tertiary/aromatic N) is 1. The monoisotopic (exact) mass is 255 g/mol. The maximum Gasteiger partial charge on any atom is 0.337 e. The number of carboxylic acid groups (broad SMARTS) is 1. The van der Waals surface area contributed by atoms with Crippen LogP contribution in [0.2, 0.25) is 0 Å². The smallest absolute Gasteiger partial charge is 0.337 e. The van der Waals surface area contributed by atoms with E-state index in [1.54, 1.807) is 6.07 Å². The van der Waals surface area contributed by atoms with Crippen molar-refractivity contribution in [3.05, 3.63) is 53.2 Å². The molecule has 0 aliphatic rings. The van der Waals surface area contributed by atoms with E-state index in [-0.39, 0.29) is 0 Å². The highest BCUT2D eigenvalue weighted by Crippen LogP contribution is 2.24. The van der Waals surface area contributed by atoms with Gasteiger partial charge >= 0.3 is 5.97 Å². The van der Waals surface area contributed by atoms with Gasteiger partial charge in [0.05, 0.1) is 17.0 Å². The highest BCUT2D eigenvalue weighted by atomic mass is 16.4. The first kappa shape index (κ1) is 13.3. The van der Waals surface area contributed by atoms with Crippen LogP contribution in [0.1, 0.15) is 35.0 Å². The summed E-state index contributed by atoms with van der Waals surface area (Å²) in [5.74, 6) is -0.904. The first-order valence-corrected chi connectivity index (χ1v) is 6.42. The minimum atomic E-state index is -0.904. The molecule has 98 valence electrons. The Hall–Kier alpha value is -2.16. The van der Waals surface area contributed by atoms with Gasteiger partial charge in [0, 0.05) is 5.56 Å². The minimum absolute atomic E-state index is 0.319. The lowest BCUT2D eigenvalue weighted by Crippen LogP contribution is -2.07. The Morgan fingerprint density at radius 1 is 1.26 bits per heavy atom. The van der Waals surface area contributed by atoms with E-state index in [4.69, 9.17) is 0 Å². The van der Waals surface area contributed by atoms with Crippen molar-refractivity contribution in [2.24, 2.45) is 0 Å². The zero-order chi connectivity index (χ0) is 13.8. The number of aromatic carboxylic acids is 1. The standard InChI is InChI=1S/C16H17NO2/c1-3-7-14-13(16(18)19)10-11(2)15(17-14)12-8-5-4-6-9-12/h4-6,8-10H,3,7H2,1-2H3,(H,18,19). The van der Waals surface area contributed by atoms with Crippen LogP contribution in [0.5, 0.6) is 0 Å². The van der Waals surface area contributed by atoms with Crippen molar-refractivity contribution in [2.45, 2.75) is 26.7 Å². The van der Waals surface area contributed by atoms with Crippen LogP contribution in [0, 0.1) is 6.92 Å². The molecule has 0 aliphatic carbocycles. The number of hydrogen-bond acceptors (Lipinski definition) is 2. The number of benzene rings is 1. The molecule has 2 aromatic rings. The Balaban J connectivity index is 2.58. The van der Waals surface area contributed by atoms with E-state index >= 15 is 0 Å².